The summed E-state index contributed by atoms with van der Waals surface area (Å²) in [5, 5.41) is 3.82. The topological polar surface area (TPSA) is 50.3 Å². The largest absolute Gasteiger partial charge is 0.401 e. The van der Waals surface area contributed by atoms with E-state index in [9.17, 15) is 13.2 Å². The van der Waals surface area contributed by atoms with Gasteiger partial charge in [-0.2, -0.15) is 17.5 Å². The molecule has 2 rings (SSSR count). The van der Waals surface area contributed by atoms with Gasteiger partial charge in [0.1, 0.15) is 6.61 Å². The molecular weight excluding hydrogens is 293 g/mol. The molecule has 0 amide bonds. The molecule has 1 saturated heterocycles. The van der Waals surface area contributed by atoms with E-state index in [1.54, 1.807) is 7.11 Å². The third-order valence-corrected chi connectivity index (χ3v) is 3.77. The SMILES string of the molecule is COCc1nsc(NCC2CCN(CC(F)(F)F)C2)n1. The lowest BCUT2D eigenvalue weighted by Gasteiger charge is -2.17. The fourth-order valence-electron chi connectivity index (χ4n) is 2.22. The van der Waals surface area contributed by atoms with Crippen LogP contribution in [-0.4, -0.2) is 53.7 Å². The number of nitrogens with zero attached hydrogens (tertiary/aromatic N) is 3. The highest BCUT2D eigenvalue weighted by atomic mass is 32.1. The van der Waals surface area contributed by atoms with E-state index >= 15 is 0 Å². The minimum Gasteiger partial charge on any atom is -0.377 e. The average Bonchev–Trinajstić information content (AvgIpc) is 2.94. The number of methoxy groups -OCH3 is 1. The summed E-state index contributed by atoms with van der Waals surface area (Å²) in [6.07, 6.45) is -3.34. The smallest absolute Gasteiger partial charge is 0.377 e. The summed E-state index contributed by atoms with van der Waals surface area (Å²) >= 11 is 1.24. The van der Waals surface area contributed by atoms with Crippen molar-refractivity contribution in [1.82, 2.24) is 14.3 Å². The van der Waals surface area contributed by atoms with E-state index in [4.69, 9.17) is 4.74 Å². The summed E-state index contributed by atoms with van der Waals surface area (Å²) in [4.78, 5) is 5.66. The maximum absolute atomic E-state index is 12.3. The fourth-order valence-corrected chi connectivity index (χ4v) is 2.80. The average molecular weight is 310 g/mol. The third kappa shape index (κ3) is 4.88. The highest BCUT2D eigenvalue weighted by molar-refractivity contribution is 7.09. The maximum atomic E-state index is 12.3. The zero-order valence-corrected chi connectivity index (χ0v) is 11.9. The molecule has 1 fully saturated rings. The zero-order valence-electron chi connectivity index (χ0n) is 11.1. The monoisotopic (exact) mass is 310 g/mol. The van der Waals surface area contributed by atoms with Crippen molar-refractivity contribution < 1.29 is 17.9 Å². The predicted octanol–water partition coefficient (Wildman–Crippen LogP) is 1.98. The minimum atomic E-state index is -4.11. The molecule has 1 aromatic heterocycles. The Morgan fingerprint density at radius 3 is 3.00 bits per heavy atom. The fraction of sp³-hybridized carbons (Fsp3) is 0.818. The predicted molar refractivity (Wildman–Crippen MR) is 69.7 cm³/mol. The van der Waals surface area contributed by atoms with Gasteiger partial charge in [-0.1, -0.05) is 0 Å². The van der Waals surface area contributed by atoms with Crippen molar-refractivity contribution in [2.24, 2.45) is 5.92 Å². The zero-order chi connectivity index (χ0) is 14.6. The summed E-state index contributed by atoms with van der Waals surface area (Å²) in [6, 6.07) is 0. The second-order valence-corrected chi connectivity index (χ2v) is 5.59. The number of alkyl halides is 3. The molecule has 1 unspecified atom stereocenters. The van der Waals surface area contributed by atoms with Crippen LogP contribution in [-0.2, 0) is 11.3 Å². The molecule has 0 aliphatic carbocycles. The van der Waals surface area contributed by atoms with E-state index in [1.807, 2.05) is 0 Å². The van der Waals surface area contributed by atoms with E-state index in [-0.39, 0.29) is 5.92 Å². The molecule has 0 aromatic carbocycles. The lowest BCUT2D eigenvalue weighted by atomic mass is 10.1. The van der Waals surface area contributed by atoms with Crippen molar-refractivity contribution in [1.29, 1.82) is 0 Å². The molecule has 5 nitrogen and oxygen atoms in total. The van der Waals surface area contributed by atoms with Crippen molar-refractivity contribution in [3.05, 3.63) is 5.82 Å². The van der Waals surface area contributed by atoms with Crippen LogP contribution in [0.1, 0.15) is 12.2 Å². The Kier molecular flexibility index (Phi) is 5.17. The standard InChI is InChI=1S/C11H17F3N4OS/c1-19-6-9-16-10(20-17-9)15-4-8-2-3-18(5-8)7-11(12,13)14/h8H,2-7H2,1H3,(H,15,16,17). The summed E-state index contributed by atoms with van der Waals surface area (Å²) in [6.45, 7) is 1.13. The number of halogens is 3. The Labute approximate surface area is 119 Å². The Balaban J connectivity index is 1.72. The first-order chi connectivity index (χ1) is 9.46. The van der Waals surface area contributed by atoms with E-state index in [1.165, 1.54) is 16.4 Å². The molecular formula is C11H17F3N4OS. The van der Waals surface area contributed by atoms with Gasteiger partial charge in [0.05, 0.1) is 6.54 Å². The van der Waals surface area contributed by atoms with Gasteiger partial charge in [0, 0.05) is 31.7 Å². The Morgan fingerprint density at radius 1 is 1.50 bits per heavy atom. The van der Waals surface area contributed by atoms with Crippen LogP contribution in [0, 0.1) is 5.92 Å². The third-order valence-electron chi connectivity index (χ3n) is 3.06. The van der Waals surface area contributed by atoms with Gasteiger partial charge in [-0.15, -0.1) is 0 Å². The summed E-state index contributed by atoms with van der Waals surface area (Å²) in [5.41, 5.74) is 0. The molecule has 1 atom stereocenters. The summed E-state index contributed by atoms with van der Waals surface area (Å²) < 4.78 is 45.8. The van der Waals surface area contributed by atoms with Crippen LogP contribution in [0.5, 0.6) is 0 Å². The van der Waals surface area contributed by atoms with E-state index in [0.29, 0.717) is 37.2 Å². The second kappa shape index (κ2) is 6.68. The molecule has 0 bridgehead atoms. The Bertz CT molecular complexity index is 426. The first kappa shape index (κ1) is 15.5. The van der Waals surface area contributed by atoms with E-state index in [0.717, 1.165) is 6.42 Å². The van der Waals surface area contributed by atoms with Gasteiger partial charge in [0.25, 0.3) is 0 Å². The second-order valence-electron chi connectivity index (χ2n) is 4.83. The van der Waals surface area contributed by atoms with Gasteiger partial charge in [0.15, 0.2) is 5.82 Å². The highest BCUT2D eigenvalue weighted by Crippen LogP contribution is 2.23. The lowest BCUT2D eigenvalue weighted by Crippen LogP contribution is -2.33. The van der Waals surface area contributed by atoms with Crippen LogP contribution >= 0.6 is 11.5 Å². The number of hydrogen-bond donors (Lipinski definition) is 1. The normalized spacial score (nSPS) is 20.5. The van der Waals surface area contributed by atoms with Gasteiger partial charge in [-0.05, 0) is 18.9 Å². The number of likely N-dealkylation sites (tertiary alicyclic amines) is 1. The summed E-state index contributed by atoms with van der Waals surface area (Å²) in [5.74, 6) is 0.831. The van der Waals surface area contributed by atoms with Crippen molar-refractivity contribution in [2.45, 2.75) is 19.2 Å². The van der Waals surface area contributed by atoms with Crippen molar-refractivity contribution in [3.63, 3.8) is 0 Å². The van der Waals surface area contributed by atoms with Crippen LogP contribution < -0.4 is 5.32 Å². The minimum absolute atomic E-state index is 0.215. The van der Waals surface area contributed by atoms with Gasteiger partial charge in [-0.3, -0.25) is 4.90 Å². The molecule has 9 heteroatoms. The molecule has 2 heterocycles. The Morgan fingerprint density at radius 2 is 2.30 bits per heavy atom. The molecule has 114 valence electrons. The number of rotatable bonds is 6. The molecule has 1 aliphatic rings. The summed E-state index contributed by atoms with van der Waals surface area (Å²) in [7, 11) is 1.57. The lowest BCUT2D eigenvalue weighted by molar-refractivity contribution is -0.143. The molecule has 0 radical (unpaired) electrons. The van der Waals surface area contributed by atoms with Crippen molar-refractivity contribution >= 4 is 16.7 Å². The Hall–Kier alpha value is -0.930. The number of aromatic nitrogens is 2. The quantitative estimate of drug-likeness (QED) is 0.871. The van der Waals surface area contributed by atoms with Gasteiger partial charge in [0.2, 0.25) is 5.13 Å². The molecule has 1 aromatic rings. The molecule has 0 spiro atoms. The number of nitrogens with one attached hydrogen (secondary N) is 1. The van der Waals surface area contributed by atoms with Gasteiger partial charge < -0.3 is 10.1 Å². The van der Waals surface area contributed by atoms with Crippen LogP contribution in [0.4, 0.5) is 18.3 Å². The number of anilines is 1. The molecule has 1 N–H and O–H groups in total. The molecule has 0 saturated carbocycles. The van der Waals surface area contributed by atoms with Gasteiger partial charge >= 0.3 is 6.18 Å². The number of ether oxygens (including phenoxy) is 1. The van der Waals surface area contributed by atoms with Crippen LogP contribution in [0.3, 0.4) is 0 Å². The molecule has 20 heavy (non-hydrogen) atoms. The first-order valence-electron chi connectivity index (χ1n) is 6.31. The van der Waals surface area contributed by atoms with Crippen LogP contribution in [0.15, 0.2) is 0 Å². The van der Waals surface area contributed by atoms with Gasteiger partial charge in [-0.25, -0.2) is 4.98 Å². The van der Waals surface area contributed by atoms with Crippen LogP contribution in [0.2, 0.25) is 0 Å². The van der Waals surface area contributed by atoms with Crippen molar-refractivity contribution in [3.8, 4) is 0 Å². The molecule has 1 aliphatic heterocycles. The first-order valence-corrected chi connectivity index (χ1v) is 7.08. The maximum Gasteiger partial charge on any atom is 0.401 e. The van der Waals surface area contributed by atoms with E-state index < -0.39 is 12.7 Å². The van der Waals surface area contributed by atoms with Crippen molar-refractivity contribution in [2.75, 3.05) is 38.6 Å². The van der Waals surface area contributed by atoms with E-state index in [2.05, 4.69) is 14.7 Å². The number of hydrogen-bond acceptors (Lipinski definition) is 6. The van der Waals surface area contributed by atoms with Crippen LogP contribution in [0.25, 0.3) is 0 Å². The highest BCUT2D eigenvalue weighted by Gasteiger charge is 2.34.